The molecule has 3 nitrogen and oxygen atoms in total. The van der Waals surface area contributed by atoms with Crippen LogP contribution in [0.3, 0.4) is 0 Å². The molecule has 0 spiro atoms. The third-order valence-corrected chi connectivity index (χ3v) is 2.38. The number of hydrogen-bond acceptors (Lipinski definition) is 3. The van der Waals surface area contributed by atoms with E-state index in [0.717, 1.165) is 5.56 Å². The van der Waals surface area contributed by atoms with E-state index < -0.39 is 5.79 Å². The highest BCUT2D eigenvalue weighted by atomic mass is 16.8. The molecule has 0 amide bonds. The third-order valence-electron chi connectivity index (χ3n) is 2.38. The summed E-state index contributed by atoms with van der Waals surface area (Å²) in [7, 11) is 0. The van der Waals surface area contributed by atoms with E-state index in [2.05, 4.69) is 0 Å². The molecule has 0 saturated carbocycles. The van der Waals surface area contributed by atoms with Gasteiger partial charge in [-0.3, -0.25) is 0 Å². The van der Waals surface area contributed by atoms with Crippen molar-refractivity contribution in [3.63, 3.8) is 0 Å². The number of esters is 1. The van der Waals surface area contributed by atoms with E-state index in [0.29, 0.717) is 6.42 Å². The zero-order valence-corrected chi connectivity index (χ0v) is 8.03. The van der Waals surface area contributed by atoms with Crippen LogP contribution in [0.25, 0.3) is 0 Å². The summed E-state index contributed by atoms with van der Waals surface area (Å²) in [5.41, 5.74) is 0.897. The first-order valence-electron chi connectivity index (χ1n) is 4.68. The number of hydrogen-bond donors (Lipinski definition) is 0. The molecule has 0 aliphatic carbocycles. The number of rotatable bonds is 2. The van der Waals surface area contributed by atoms with E-state index in [1.807, 2.05) is 37.3 Å². The number of benzene rings is 1. The van der Waals surface area contributed by atoms with E-state index in [1.165, 1.54) is 0 Å². The predicted octanol–water partition coefficient (Wildman–Crippen LogP) is 1.82. The minimum atomic E-state index is -0.849. The smallest absolute Gasteiger partial charge is 0.335 e. The molecule has 0 bridgehead atoms. The molecule has 1 aliphatic rings. The molecule has 1 saturated heterocycles. The van der Waals surface area contributed by atoms with Crippen LogP contribution in [0.1, 0.15) is 18.9 Å². The maximum Gasteiger partial charge on any atom is 0.335 e. The van der Waals surface area contributed by atoms with Crippen LogP contribution in [0.5, 0.6) is 0 Å². The summed E-state index contributed by atoms with van der Waals surface area (Å²) < 4.78 is 10.6. The van der Waals surface area contributed by atoms with Crippen molar-refractivity contribution in [2.45, 2.75) is 19.1 Å². The summed E-state index contributed by atoms with van der Waals surface area (Å²) in [6, 6.07) is 9.54. The maximum absolute atomic E-state index is 11.0. The molecule has 0 aromatic heterocycles. The molecule has 1 atom stereocenters. The standard InChI is InChI=1S/C11H12O3/c1-2-11(13-8-10(12)14-11)9-6-4-3-5-7-9/h3-7H,2,8H2,1H3. The first-order chi connectivity index (χ1) is 6.77. The van der Waals surface area contributed by atoms with Crippen LogP contribution < -0.4 is 0 Å². The van der Waals surface area contributed by atoms with Crippen LogP contribution in [0.15, 0.2) is 30.3 Å². The molecule has 0 N–H and O–H groups in total. The van der Waals surface area contributed by atoms with Crippen molar-refractivity contribution in [3.8, 4) is 0 Å². The molecule has 1 fully saturated rings. The second kappa shape index (κ2) is 3.42. The lowest BCUT2D eigenvalue weighted by Crippen LogP contribution is -2.26. The number of cyclic esters (lactones) is 1. The van der Waals surface area contributed by atoms with Crippen molar-refractivity contribution < 1.29 is 14.3 Å². The fourth-order valence-corrected chi connectivity index (χ4v) is 1.63. The van der Waals surface area contributed by atoms with Crippen molar-refractivity contribution in [2.75, 3.05) is 6.61 Å². The molecule has 1 unspecified atom stereocenters. The topological polar surface area (TPSA) is 35.5 Å². The zero-order valence-electron chi connectivity index (χ0n) is 8.03. The number of carbonyl (C=O) groups excluding carboxylic acids is 1. The van der Waals surface area contributed by atoms with Crippen LogP contribution in [0.2, 0.25) is 0 Å². The van der Waals surface area contributed by atoms with Crippen LogP contribution in [-0.4, -0.2) is 12.6 Å². The van der Waals surface area contributed by atoms with Crippen molar-refractivity contribution in [3.05, 3.63) is 35.9 Å². The Hall–Kier alpha value is -1.35. The minimum Gasteiger partial charge on any atom is -0.427 e. The summed E-state index contributed by atoms with van der Waals surface area (Å²) in [5, 5.41) is 0. The second-order valence-corrected chi connectivity index (χ2v) is 3.24. The van der Waals surface area contributed by atoms with Crippen molar-refractivity contribution >= 4 is 5.97 Å². The van der Waals surface area contributed by atoms with Gasteiger partial charge in [0.05, 0.1) is 0 Å². The van der Waals surface area contributed by atoms with E-state index in [4.69, 9.17) is 9.47 Å². The molecule has 2 rings (SSSR count). The summed E-state index contributed by atoms with van der Waals surface area (Å²) in [6.45, 7) is 1.98. The molecular formula is C11H12O3. The van der Waals surface area contributed by atoms with E-state index in [9.17, 15) is 4.79 Å². The minimum absolute atomic E-state index is 0.0444. The zero-order chi connectivity index (χ0) is 10.0. The van der Waals surface area contributed by atoms with Crippen LogP contribution in [0.4, 0.5) is 0 Å². The first kappa shape index (κ1) is 9.21. The summed E-state index contributed by atoms with van der Waals surface area (Å²) >= 11 is 0. The average Bonchev–Trinajstić information content (AvgIpc) is 2.63. The van der Waals surface area contributed by atoms with Gasteiger partial charge in [0, 0.05) is 12.0 Å². The lowest BCUT2D eigenvalue weighted by atomic mass is 10.0. The largest absolute Gasteiger partial charge is 0.427 e. The van der Waals surface area contributed by atoms with Crippen LogP contribution in [0, 0.1) is 0 Å². The Morgan fingerprint density at radius 3 is 2.57 bits per heavy atom. The normalized spacial score (nSPS) is 26.2. The number of carbonyl (C=O) groups is 1. The highest BCUT2D eigenvalue weighted by molar-refractivity contribution is 5.73. The van der Waals surface area contributed by atoms with Crippen LogP contribution >= 0.6 is 0 Å². The maximum atomic E-state index is 11.0. The van der Waals surface area contributed by atoms with Gasteiger partial charge in [-0.2, -0.15) is 0 Å². The van der Waals surface area contributed by atoms with Gasteiger partial charge in [0.2, 0.25) is 5.79 Å². The van der Waals surface area contributed by atoms with E-state index >= 15 is 0 Å². The molecule has 74 valence electrons. The quantitative estimate of drug-likeness (QED) is 0.670. The number of ether oxygens (including phenoxy) is 2. The van der Waals surface area contributed by atoms with Gasteiger partial charge in [-0.1, -0.05) is 37.3 Å². The molecule has 0 radical (unpaired) electrons. The Labute approximate surface area is 82.6 Å². The van der Waals surface area contributed by atoms with Gasteiger partial charge < -0.3 is 9.47 Å². The fourth-order valence-electron chi connectivity index (χ4n) is 1.63. The monoisotopic (exact) mass is 192 g/mol. The lowest BCUT2D eigenvalue weighted by Gasteiger charge is -2.25. The molecule has 1 heterocycles. The molecule has 3 heteroatoms. The van der Waals surface area contributed by atoms with Gasteiger partial charge in [0.15, 0.2) is 0 Å². The molecular weight excluding hydrogens is 180 g/mol. The first-order valence-corrected chi connectivity index (χ1v) is 4.68. The van der Waals surface area contributed by atoms with Crippen molar-refractivity contribution in [1.29, 1.82) is 0 Å². The summed E-state index contributed by atoms with van der Waals surface area (Å²) in [5.74, 6) is -1.14. The average molecular weight is 192 g/mol. The molecule has 1 aromatic carbocycles. The SMILES string of the molecule is CCC1(c2ccccc2)OCC(=O)O1. The fraction of sp³-hybridized carbons (Fsp3) is 0.364. The Kier molecular flexibility index (Phi) is 2.25. The van der Waals surface area contributed by atoms with E-state index in [-0.39, 0.29) is 12.6 Å². The van der Waals surface area contributed by atoms with Gasteiger partial charge >= 0.3 is 5.97 Å². The van der Waals surface area contributed by atoms with Crippen molar-refractivity contribution in [1.82, 2.24) is 0 Å². The third kappa shape index (κ3) is 1.40. The second-order valence-electron chi connectivity index (χ2n) is 3.24. The van der Waals surface area contributed by atoms with Crippen molar-refractivity contribution in [2.24, 2.45) is 0 Å². The highest BCUT2D eigenvalue weighted by Gasteiger charge is 2.41. The summed E-state index contributed by atoms with van der Waals surface area (Å²) in [4.78, 5) is 11.0. The van der Waals surface area contributed by atoms with Gasteiger partial charge in [0.1, 0.15) is 6.61 Å². The molecule has 14 heavy (non-hydrogen) atoms. The Morgan fingerprint density at radius 2 is 2.07 bits per heavy atom. The van der Waals surface area contributed by atoms with Gasteiger partial charge in [0.25, 0.3) is 0 Å². The lowest BCUT2D eigenvalue weighted by molar-refractivity contribution is -0.180. The predicted molar refractivity (Wildman–Crippen MR) is 50.5 cm³/mol. The van der Waals surface area contributed by atoms with E-state index in [1.54, 1.807) is 0 Å². The Bertz CT molecular complexity index is 334. The Morgan fingerprint density at radius 1 is 1.36 bits per heavy atom. The van der Waals surface area contributed by atoms with Gasteiger partial charge in [-0.25, -0.2) is 4.79 Å². The molecule has 1 aliphatic heterocycles. The van der Waals surface area contributed by atoms with Gasteiger partial charge in [-0.15, -0.1) is 0 Å². The van der Waals surface area contributed by atoms with Crippen LogP contribution in [-0.2, 0) is 20.1 Å². The Balaban J connectivity index is 2.34. The van der Waals surface area contributed by atoms with Gasteiger partial charge in [-0.05, 0) is 0 Å². The summed E-state index contributed by atoms with van der Waals surface area (Å²) in [6.07, 6.45) is 0.628. The highest BCUT2D eigenvalue weighted by Crippen LogP contribution is 2.34. The molecule has 1 aromatic rings.